The van der Waals surface area contributed by atoms with Gasteiger partial charge in [-0.2, -0.15) is 5.26 Å². The van der Waals surface area contributed by atoms with Crippen LogP contribution in [0.15, 0.2) is 0 Å². The maximum atomic E-state index is 13.6. The van der Waals surface area contributed by atoms with Crippen LogP contribution in [-0.2, 0) is 14.3 Å². The molecule has 0 spiro atoms. The van der Waals surface area contributed by atoms with Crippen molar-refractivity contribution < 1.29 is 19.1 Å². The second-order valence-electron chi connectivity index (χ2n) is 9.90. The van der Waals surface area contributed by atoms with Crippen molar-refractivity contribution in [1.29, 1.82) is 5.26 Å². The predicted molar refractivity (Wildman–Crippen MR) is 116 cm³/mol. The SMILES string of the molecule is CC1(C)CCC(CC(OC(=O)N2CCOCC2)C(=O)N(CCC#N)C2CCNC2)CC1. The van der Waals surface area contributed by atoms with Gasteiger partial charge in [0, 0.05) is 32.2 Å². The molecule has 2 unspecified atom stereocenters. The van der Waals surface area contributed by atoms with Gasteiger partial charge in [0.15, 0.2) is 6.10 Å². The number of hydrogen-bond donors (Lipinski definition) is 1. The van der Waals surface area contributed by atoms with Gasteiger partial charge < -0.3 is 24.6 Å². The molecule has 0 bridgehead atoms. The third kappa shape index (κ3) is 6.81. The molecule has 3 aliphatic rings. The normalized spacial score (nSPS) is 24.9. The second kappa shape index (κ2) is 11.1. The van der Waals surface area contributed by atoms with Crippen molar-refractivity contribution in [2.24, 2.45) is 11.3 Å². The number of ether oxygens (including phenoxy) is 2. The summed E-state index contributed by atoms with van der Waals surface area (Å²) >= 11 is 0. The maximum absolute atomic E-state index is 13.6. The highest BCUT2D eigenvalue weighted by Gasteiger charge is 2.37. The topological polar surface area (TPSA) is 94.9 Å². The minimum absolute atomic E-state index is 0.0516. The zero-order valence-electron chi connectivity index (χ0n) is 19.1. The fourth-order valence-electron chi connectivity index (χ4n) is 4.87. The van der Waals surface area contributed by atoms with Gasteiger partial charge in [-0.1, -0.05) is 13.8 Å². The van der Waals surface area contributed by atoms with Crippen molar-refractivity contribution in [3.05, 3.63) is 0 Å². The van der Waals surface area contributed by atoms with Crippen LogP contribution in [0.5, 0.6) is 0 Å². The van der Waals surface area contributed by atoms with E-state index in [0.717, 1.165) is 45.2 Å². The van der Waals surface area contributed by atoms with Gasteiger partial charge in [0.25, 0.3) is 5.91 Å². The average Bonchev–Trinajstić information content (AvgIpc) is 3.30. The molecule has 2 atom stereocenters. The smallest absolute Gasteiger partial charge is 0.410 e. The highest BCUT2D eigenvalue weighted by atomic mass is 16.6. The Morgan fingerprint density at radius 3 is 2.58 bits per heavy atom. The fraction of sp³-hybridized carbons (Fsp3) is 0.870. The van der Waals surface area contributed by atoms with Crippen LogP contribution in [0.4, 0.5) is 4.79 Å². The molecule has 2 aliphatic heterocycles. The van der Waals surface area contributed by atoms with Gasteiger partial charge in [0.1, 0.15) is 0 Å². The summed E-state index contributed by atoms with van der Waals surface area (Å²) in [6.07, 6.45) is 4.84. The Morgan fingerprint density at radius 1 is 1.26 bits per heavy atom. The maximum Gasteiger partial charge on any atom is 0.410 e. The van der Waals surface area contributed by atoms with Gasteiger partial charge >= 0.3 is 6.09 Å². The van der Waals surface area contributed by atoms with E-state index in [2.05, 4.69) is 25.2 Å². The van der Waals surface area contributed by atoms with Crippen molar-refractivity contribution in [2.75, 3.05) is 45.9 Å². The van der Waals surface area contributed by atoms with Crippen LogP contribution in [0, 0.1) is 22.7 Å². The minimum Gasteiger partial charge on any atom is -0.436 e. The average molecular weight is 435 g/mol. The van der Waals surface area contributed by atoms with E-state index >= 15 is 0 Å². The van der Waals surface area contributed by atoms with Crippen LogP contribution in [0.1, 0.15) is 58.8 Å². The molecule has 1 N–H and O–H groups in total. The third-order valence-electron chi connectivity index (χ3n) is 7.02. The number of carbonyl (C=O) groups excluding carboxylic acids is 2. The van der Waals surface area contributed by atoms with E-state index < -0.39 is 12.2 Å². The molecule has 0 aromatic rings. The molecule has 1 saturated carbocycles. The summed E-state index contributed by atoms with van der Waals surface area (Å²) in [6, 6.07) is 2.21. The molecular weight excluding hydrogens is 396 g/mol. The van der Waals surface area contributed by atoms with E-state index in [1.54, 1.807) is 9.80 Å². The zero-order valence-corrected chi connectivity index (χ0v) is 19.1. The Labute approximate surface area is 186 Å². The van der Waals surface area contributed by atoms with Crippen LogP contribution >= 0.6 is 0 Å². The van der Waals surface area contributed by atoms with E-state index in [0.29, 0.717) is 50.6 Å². The van der Waals surface area contributed by atoms with Crippen LogP contribution in [0.3, 0.4) is 0 Å². The first kappa shape index (κ1) is 23.8. The number of hydrogen-bond acceptors (Lipinski definition) is 6. The van der Waals surface area contributed by atoms with Crippen molar-refractivity contribution in [2.45, 2.75) is 70.9 Å². The van der Waals surface area contributed by atoms with Gasteiger partial charge in [0.05, 0.1) is 25.7 Å². The number of nitriles is 1. The van der Waals surface area contributed by atoms with E-state index in [1.807, 2.05) is 0 Å². The van der Waals surface area contributed by atoms with Crippen molar-refractivity contribution >= 4 is 12.0 Å². The summed E-state index contributed by atoms with van der Waals surface area (Å²) in [7, 11) is 0. The molecule has 0 radical (unpaired) electrons. The summed E-state index contributed by atoms with van der Waals surface area (Å²) in [5.41, 5.74) is 0.342. The van der Waals surface area contributed by atoms with Crippen molar-refractivity contribution in [3.8, 4) is 6.07 Å². The molecule has 3 fully saturated rings. The Kier molecular flexibility index (Phi) is 8.56. The lowest BCUT2D eigenvalue weighted by molar-refractivity contribution is -0.144. The number of amides is 2. The number of morpholine rings is 1. The van der Waals surface area contributed by atoms with Crippen molar-refractivity contribution in [3.63, 3.8) is 0 Å². The first-order valence-electron chi connectivity index (χ1n) is 11.8. The van der Waals surface area contributed by atoms with E-state index in [9.17, 15) is 9.59 Å². The highest BCUT2D eigenvalue weighted by molar-refractivity contribution is 5.84. The van der Waals surface area contributed by atoms with Gasteiger partial charge in [-0.25, -0.2) is 4.79 Å². The van der Waals surface area contributed by atoms with Crippen LogP contribution in [-0.4, -0.2) is 79.9 Å². The zero-order chi connectivity index (χ0) is 22.3. The Balaban J connectivity index is 1.71. The molecule has 2 heterocycles. The Bertz CT molecular complexity index is 640. The fourth-order valence-corrected chi connectivity index (χ4v) is 4.87. The summed E-state index contributed by atoms with van der Waals surface area (Å²) in [5, 5.41) is 12.4. The van der Waals surface area contributed by atoms with Crippen LogP contribution in [0.2, 0.25) is 0 Å². The number of carbonyl (C=O) groups is 2. The molecule has 8 nitrogen and oxygen atoms in total. The monoisotopic (exact) mass is 434 g/mol. The summed E-state index contributed by atoms with van der Waals surface area (Å²) in [4.78, 5) is 29.9. The lowest BCUT2D eigenvalue weighted by Gasteiger charge is -2.37. The lowest BCUT2D eigenvalue weighted by Crippen LogP contribution is -2.50. The summed E-state index contributed by atoms with van der Waals surface area (Å²) < 4.78 is 11.2. The third-order valence-corrected chi connectivity index (χ3v) is 7.02. The van der Waals surface area contributed by atoms with Gasteiger partial charge in [-0.3, -0.25) is 4.79 Å². The molecule has 0 aromatic carbocycles. The number of rotatable bonds is 7. The second-order valence-corrected chi connectivity index (χ2v) is 9.90. The first-order valence-corrected chi connectivity index (χ1v) is 11.8. The summed E-state index contributed by atoms with van der Waals surface area (Å²) in [6.45, 7) is 8.51. The molecule has 174 valence electrons. The standard InChI is InChI=1S/C23H38N4O4/c1-23(2)7-4-18(5-8-23)16-20(31-22(29)26-12-14-30-15-13-26)21(28)27(11-3-9-24)19-6-10-25-17-19/h18-20,25H,3-8,10-17H2,1-2H3. The van der Waals surface area contributed by atoms with Crippen molar-refractivity contribution in [1.82, 2.24) is 15.1 Å². The molecule has 0 aromatic heterocycles. The number of nitrogens with zero attached hydrogens (tertiary/aromatic N) is 3. The molecule has 8 heteroatoms. The quantitative estimate of drug-likeness (QED) is 0.662. The molecule has 2 amide bonds. The summed E-state index contributed by atoms with van der Waals surface area (Å²) in [5.74, 6) is 0.231. The van der Waals surface area contributed by atoms with Crippen LogP contribution < -0.4 is 5.32 Å². The Morgan fingerprint density at radius 2 is 1.97 bits per heavy atom. The van der Waals surface area contributed by atoms with E-state index in [-0.39, 0.29) is 18.4 Å². The van der Waals surface area contributed by atoms with E-state index in [1.165, 1.54) is 0 Å². The predicted octanol–water partition coefficient (Wildman–Crippen LogP) is 2.53. The highest BCUT2D eigenvalue weighted by Crippen LogP contribution is 2.40. The van der Waals surface area contributed by atoms with Crippen LogP contribution in [0.25, 0.3) is 0 Å². The van der Waals surface area contributed by atoms with Gasteiger partial charge in [-0.05, 0) is 56.4 Å². The lowest BCUT2D eigenvalue weighted by atomic mass is 9.72. The van der Waals surface area contributed by atoms with Gasteiger partial charge in [-0.15, -0.1) is 0 Å². The first-order chi connectivity index (χ1) is 14.9. The largest absolute Gasteiger partial charge is 0.436 e. The Hall–Kier alpha value is -1.85. The minimum atomic E-state index is -0.791. The number of nitrogens with one attached hydrogen (secondary N) is 1. The van der Waals surface area contributed by atoms with E-state index in [4.69, 9.17) is 14.7 Å². The van der Waals surface area contributed by atoms with Gasteiger partial charge in [0.2, 0.25) is 0 Å². The molecule has 2 saturated heterocycles. The molecule has 31 heavy (non-hydrogen) atoms. The molecular formula is C23H38N4O4. The molecule has 1 aliphatic carbocycles. The molecule has 3 rings (SSSR count).